The molecule has 0 unspecified atom stereocenters. The summed E-state index contributed by atoms with van der Waals surface area (Å²) in [5.74, 6) is 1.36. The van der Waals surface area contributed by atoms with E-state index in [2.05, 4.69) is 27.6 Å². The van der Waals surface area contributed by atoms with Crippen LogP contribution in [0.1, 0.15) is 11.4 Å². The third kappa shape index (κ3) is 4.85. The van der Waals surface area contributed by atoms with E-state index in [1.165, 1.54) is 17.1 Å². The Labute approximate surface area is 199 Å². The summed E-state index contributed by atoms with van der Waals surface area (Å²) in [6.45, 7) is 2.31. The van der Waals surface area contributed by atoms with Gasteiger partial charge in [-0.1, -0.05) is 71.4 Å². The van der Waals surface area contributed by atoms with Crippen LogP contribution in [-0.2, 0) is 18.4 Å². The first-order valence-electron chi connectivity index (χ1n) is 9.80. The maximum absolute atomic E-state index is 12.3. The van der Waals surface area contributed by atoms with Gasteiger partial charge in [-0.05, 0) is 41.5 Å². The Morgan fingerprint density at radius 3 is 2.59 bits per heavy atom. The minimum atomic E-state index is -0.238. The lowest BCUT2D eigenvalue weighted by Gasteiger charge is -2.11. The van der Waals surface area contributed by atoms with Crippen molar-refractivity contribution >= 4 is 57.3 Å². The number of amides is 1. The number of anilines is 1. The number of fused-ring (bicyclic) bond motifs is 1. The number of ether oxygens (including phenoxy) is 1. The smallest absolute Gasteiger partial charge is 0.234 e. The van der Waals surface area contributed by atoms with Crippen LogP contribution in [0, 0.1) is 6.92 Å². The van der Waals surface area contributed by atoms with Crippen LogP contribution in [0.25, 0.3) is 10.8 Å². The SMILES string of the molecule is Cc1c(OCc2nnc(SCC(=O)Nc3c(Cl)cccc3Cl)n2C)ccc2ccccc12. The van der Waals surface area contributed by atoms with Gasteiger partial charge < -0.3 is 14.6 Å². The van der Waals surface area contributed by atoms with Gasteiger partial charge in [-0.2, -0.15) is 0 Å². The summed E-state index contributed by atoms with van der Waals surface area (Å²) in [6.07, 6.45) is 0. The zero-order chi connectivity index (χ0) is 22.7. The van der Waals surface area contributed by atoms with Crippen molar-refractivity contribution in [1.29, 1.82) is 0 Å². The summed E-state index contributed by atoms with van der Waals surface area (Å²) in [5.41, 5.74) is 1.48. The number of aromatic nitrogens is 3. The second kappa shape index (κ2) is 9.81. The van der Waals surface area contributed by atoms with Crippen LogP contribution in [-0.4, -0.2) is 26.4 Å². The number of carbonyl (C=O) groups excluding carboxylic acids is 1. The Morgan fingerprint density at radius 1 is 1.06 bits per heavy atom. The van der Waals surface area contributed by atoms with E-state index in [1.807, 2.05) is 42.8 Å². The number of nitrogens with zero attached hydrogens (tertiary/aromatic N) is 3. The molecule has 3 aromatic carbocycles. The zero-order valence-electron chi connectivity index (χ0n) is 17.4. The van der Waals surface area contributed by atoms with Crippen LogP contribution in [0.2, 0.25) is 10.0 Å². The first-order valence-corrected chi connectivity index (χ1v) is 11.5. The molecule has 0 aliphatic carbocycles. The molecule has 1 heterocycles. The standard InChI is InChI=1S/C23H20Cl2N4O2S/c1-14-16-7-4-3-6-15(16)10-11-19(14)31-12-20-27-28-23(29(20)2)32-13-21(30)26-22-17(24)8-5-9-18(22)25/h3-11H,12-13H2,1-2H3,(H,26,30). The van der Waals surface area contributed by atoms with E-state index in [0.29, 0.717) is 26.7 Å². The molecule has 0 atom stereocenters. The number of hydrogen-bond donors (Lipinski definition) is 1. The van der Waals surface area contributed by atoms with Crippen LogP contribution in [0.15, 0.2) is 59.8 Å². The number of carbonyl (C=O) groups is 1. The van der Waals surface area contributed by atoms with Crippen LogP contribution in [0.5, 0.6) is 5.75 Å². The van der Waals surface area contributed by atoms with Gasteiger partial charge in [-0.25, -0.2) is 0 Å². The maximum Gasteiger partial charge on any atom is 0.234 e. The molecule has 1 aromatic heterocycles. The number of aryl methyl sites for hydroxylation is 1. The normalized spacial score (nSPS) is 11.0. The van der Waals surface area contributed by atoms with Gasteiger partial charge in [0.2, 0.25) is 5.91 Å². The topological polar surface area (TPSA) is 69.0 Å². The van der Waals surface area contributed by atoms with Crippen LogP contribution < -0.4 is 10.1 Å². The average Bonchev–Trinajstić information content (AvgIpc) is 3.14. The van der Waals surface area contributed by atoms with Gasteiger partial charge in [-0.15, -0.1) is 10.2 Å². The van der Waals surface area contributed by atoms with Crippen molar-refractivity contribution in [3.8, 4) is 5.75 Å². The summed E-state index contributed by atoms with van der Waals surface area (Å²) >= 11 is 13.5. The summed E-state index contributed by atoms with van der Waals surface area (Å²) in [5, 5.41) is 14.8. The molecule has 0 bridgehead atoms. The van der Waals surface area contributed by atoms with Crippen molar-refractivity contribution in [2.45, 2.75) is 18.7 Å². The van der Waals surface area contributed by atoms with Crippen molar-refractivity contribution < 1.29 is 9.53 Å². The van der Waals surface area contributed by atoms with Crippen LogP contribution in [0.3, 0.4) is 0 Å². The average molecular weight is 487 g/mol. The molecule has 0 radical (unpaired) electrons. The van der Waals surface area contributed by atoms with E-state index in [1.54, 1.807) is 18.2 Å². The summed E-state index contributed by atoms with van der Waals surface area (Å²) < 4.78 is 7.83. The van der Waals surface area contributed by atoms with Gasteiger partial charge in [0, 0.05) is 7.05 Å². The first-order chi connectivity index (χ1) is 15.4. The molecule has 0 saturated carbocycles. The fourth-order valence-electron chi connectivity index (χ4n) is 3.22. The van der Waals surface area contributed by atoms with Gasteiger partial charge in [0.25, 0.3) is 0 Å². The molecule has 0 aliphatic heterocycles. The van der Waals surface area contributed by atoms with Gasteiger partial charge in [0.15, 0.2) is 11.0 Å². The van der Waals surface area contributed by atoms with Gasteiger partial charge in [-0.3, -0.25) is 4.79 Å². The quantitative estimate of drug-likeness (QED) is 0.329. The fourth-order valence-corrected chi connectivity index (χ4v) is 4.45. The molecular weight excluding hydrogens is 467 g/mol. The van der Waals surface area contributed by atoms with Crippen molar-refractivity contribution in [3.63, 3.8) is 0 Å². The Kier molecular flexibility index (Phi) is 6.89. The lowest BCUT2D eigenvalue weighted by atomic mass is 10.0. The second-order valence-corrected chi connectivity index (χ2v) is 8.85. The van der Waals surface area contributed by atoms with Gasteiger partial charge in [0.05, 0.1) is 21.5 Å². The molecule has 1 N–H and O–H groups in total. The summed E-state index contributed by atoms with van der Waals surface area (Å²) in [4.78, 5) is 12.3. The van der Waals surface area contributed by atoms with E-state index in [0.717, 1.165) is 16.7 Å². The fraction of sp³-hybridized carbons (Fsp3) is 0.174. The van der Waals surface area contributed by atoms with Gasteiger partial charge >= 0.3 is 0 Å². The van der Waals surface area contributed by atoms with E-state index in [9.17, 15) is 4.79 Å². The van der Waals surface area contributed by atoms with Crippen molar-refractivity contribution in [3.05, 3.63) is 76.0 Å². The molecule has 0 aliphatic rings. The number of halogens is 2. The minimum absolute atomic E-state index is 0.137. The number of para-hydroxylation sites is 1. The number of hydrogen-bond acceptors (Lipinski definition) is 5. The second-order valence-electron chi connectivity index (χ2n) is 7.09. The Balaban J connectivity index is 1.37. The third-order valence-corrected chi connectivity index (χ3v) is 6.64. The van der Waals surface area contributed by atoms with Crippen molar-refractivity contribution in [2.75, 3.05) is 11.1 Å². The van der Waals surface area contributed by atoms with Crippen molar-refractivity contribution in [2.24, 2.45) is 7.05 Å². The molecule has 1 amide bonds. The number of benzene rings is 3. The van der Waals surface area contributed by atoms with Gasteiger partial charge in [0.1, 0.15) is 12.4 Å². The molecule has 164 valence electrons. The molecule has 0 fully saturated rings. The van der Waals surface area contributed by atoms with E-state index < -0.39 is 0 Å². The van der Waals surface area contributed by atoms with E-state index in [-0.39, 0.29) is 18.3 Å². The summed E-state index contributed by atoms with van der Waals surface area (Å²) in [7, 11) is 1.84. The number of thioether (sulfide) groups is 1. The highest BCUT2D eigenvalue weighted by atomic mass is 35.5. The molecular formula is C23H20Cl2N4O2S. The minimum Gasteiger partial charge on any atom is -0.485 e. The number of nitrogens with one attached hydrogen (secondary N) is 1. The zero-order valence-corrected chi connectivity index (χ0v) is 19.8. The highest BCUT2D eigenvalue weighted by Gasteiger charge is 2.15. The van der Waals surface area contributed by atoms with Crippen LogP contribution >= 0.6 is 35.0 Å². The summed E-state index contributed by atoms with van der Waals surface area (Å²) in [6, 6.07) is 17.3. The molecule has 9 heteroatoms. The number of rotatable bonds is 7. The Morgan fingerprint density at radius 2 is 1.81 bits per heavy atom. The third-order valence-electron chi connectivity index (χ3n) is 4.99. The highest BCUT2D eigenvalue weighted by molar-refractivity contribution is 7.99. The van der Waals surface area contributed by atoms with Crippen LogP contribution in [0.4, 0.5) is 5.69 Å². The highest BCUT2D eigenvalue weighted by Crippen LogP contribution is 2.30. The Bertz CT molecular complexity index is 1270. The Hall–Kier alpha value is -2.74. The van der Waals surface area contributed by atoms with Crippen molar-refractivity contribution in [1.82, 2.24) is 14.8 Å². The lowest BCUT2D eigenvalue weighted by molar-refractivity contribution is -0.113. The monoisotopic (exact) mass is 486 g/mol. The molecule has 32 heavy (non-hydrogen) atoms. The molecule has 0 saturated heterocycles. The predicted octanol–water partition coefficient (Wildman–Crippen LogP) is 5.89. The lowest BCUT2D eigenvalue weighted by Crippen LogP contribution is -2.15. The van der Waals surface area contributed by atoms with E-state index >= 15 is 0 Å². The molecule has 0 spiro atoms. The first kappa shape index (κ1) is 22.5. The molecule has 4 rings (SSSR count). The maximum atomic E-state index is 12.3. The van der Waals surface area contributed by atoms with E-state index in [4.69, 9.17) is 27.9 Å². The predicted molar refractivity (Wildman–Crippen MR) is 130 cm³/mol. The molecule has 4 aromatic rings. The molecule has 6 nitrogen and oxygen atoms in total. The largest absolute Gasteiger partial charge is 0.485 e.